The Kier molecular flexibility index (Phi) is 3.62. The van der Waals surface area contributed by atoms with Gasteiger partial charge in [0.1, 0.15) is 5.83 Å². The summed E-state index contributed by atoms with van der Waals surface area (Å²) >= 11 is 0. The van der Waals surface area contributed by atoms with Crippen molar-refractivity contribution < 1.29 is 8.78 Å². The fourth-order valence-electron chi connectivity index (χ4n) is 0.602. The van der Waals surface area contributed by atoms with Gasteiger partial charge in [-0.2, -0.15) is 0 Å². The first-order valence-corrected chi connectivity index (χ1v) is 2.89. The molecule has 0 fully saturated rings. The zero-order valence-electron chi connectivity index (χ0n) is 6.12. The van der Waals surface area contributed by atoms with Gasteiger partial charge in [0, 0.05) is 0 Å². The van der Waals surface area contributed by atoms with Crippen LogP contribution in [0.3, 0.4) is 0 Å². The highest BCUT2D eigenvalue weighted by Crippen LogP contribution is 2.05. The van der Waals surface area contributed by atoms with E-state index in [9.17, 15) is 8.78 Å². The number of hydrogen-bond acceptors (Lipinski definition) is 0. The highest BCUT2D eigenvalue weighted by atomic mass is 19.1. The van der Waals surface area contributed by atoms with Gasteiger partial charge in [-0.1, -0.05) is 6.58 Å². The predicted molar refractivity (Wildman–Crippen MR) is 38.9 cm³/mol. The van der Waals surface area contributed by atoms with Crippen LogP contribution in [-0.2, 0) is 0 Å². The SMILES string of the molecule is C=C(F)/C=C(C)\C=C(/C)F. The highest BCUT2D eigenvalue weighted by molar-refractivity contribution is 5.24. The van der Waals surface area contributed by atoms with Crippen molar-refractivity contribution in [1.82, 2.24) is 0 Å². The molecule has 0 atom stereocenters. The molecule has 0 aromatic heterocycles. The van der Waals surface area contributed by atoms with Crippen LogP contribution in [0.1, 0.15) is 13.8 Å². The van der Waals surface area contributed by atoms with Gasteiger partial charge in [0.2, 0.25) is 0 Å². The van der Waals surface area contributed by atoms with Gasteiger partial charge in [0.05, 0.1) is 5.83 Å². The lowest BCUT2D eigenvalue weighted by atomic mass is 10.2. The molecular formula is C8H10F2. The van der Waals surface area contributed by atoms with E-state index < -0.39 is 5.83 Å². The fraction of sp³-hybridized carbons (Fsp3) is 0.250. The molecule has 0 amide bonds. The topological polar surface area (TPSA) is 0 Å². The quantitative estimate of drug-likeness (QED) is 0.521. The van der Waals surface area contributed by atoms with Gasteiger partial charge >= 0.3 is 0 Å². The molecule has 0 unspecified atom stereocenters. The maximum absolute atomic E-state index is 12.1. The van der Waals surface area contributed by atoms with Crippen molar-refractivity contribution in [3.63, 3.8) is 0 Å². The average Bonchev–Trinajstić information content (AvgIpc) is 1.58. The zero-order chi connectivity index (χ0) is 8.15. The molecule has 2 heteroatoms. The van der Waals surface area contributed by atoms with Crippen molar-refractivity contribution in [3.05, 3.63) is 36.0 Å². The van der Waals surface area contributed by atoms with Crippen LogP contribution in [0.15, 0.2) is 36.0 Å². The Morgan fingerprint density at radius 3 is 2.00 bits per heavy atom. The third kappa shape index (κ3) is 5.22. The summed E-state index contributed by atoms with van der Waals surface area (Å²) in [5.74, 6) is -0.898. The molecule has 0 heterocycles. The van der Waals surface area contributed by atoms with E-state index >= 15 is 0 Å². The maximum atomic E-state index is 12.1. The van der Waals surface area contributed by atoms with Gasteiger partial charge in [-0.25, -0.2) is 8.78 Å². The lowest BCUT2D eigenvalue weighted by molar-refractivity contribution is 0.639. The second kappa shape index (κ2) is 3.99. The fourth-order valence-corrected chi connectivity index (χ4v) is 0.602. The molecule has 0 radical (unpaired) electrons. The second-order valence-electron chi connectivity index (χ2n) is 2.07. The summed E-state index contributed by atoms with van der Waals surface area (Å²) in [5, 5.41) is 0. The molecule has 0 aromatic rings. The van der Waals surface area contributed by atoms with Crippen molar-refractivity contribution in [2.75, 3.05) is 0 Å². The Labute approximate surface area is 59.6 Å². The first-order chi connectivity index (χ1) is 4.52. The van der Waals surface area contributed by atoms with Gasteiger partial charge < -0.3 is 0 Å². The van der Waals surface area contributed by atoms with Gasteiger partial charge in [-0.05, 0) is 31.6 Å². The summed E-state index contributed by atoms with van der Waals surface area (Å²) in [6, 6.07) is 0. The monoisotopic (exact) mass is 144 g/mol. The zero-order valence-corrected chi connectivity index (χ0v) is 6.12. The average molecular weight is 144 g/mol. The molecule has 0 saturated carbocycles. The Morgan fingerprint density at radius 1 is 1.20 bits per heavy atom. The van der Waals surface area contributed by atoms with E-state index in [1.54, 1.807) is 6.92 Å². The number of hydrogen-bond donors (Lipinski definition) is 0. The van der Waals surface area contributed by atoms with Crippen molar-refractivity contribution >= 4 is 0 Å². The van der Waals surface area contributed by atoms with Crippen molar-refractivity contribution in [2.24, 2.45) is 0 Å². The van der Waals surface area contributed by atoms with Crippen LogP contribution in [0.4, 0.5) is 8.78 Å². The highest BCUT2D eigenvalue weighted by Gasteiger charge is 1.87. The minimum Gasteiger partial charge on any atom is -0.212 e. The van der Waals surface area contributed by atoms with Crippen LogP contribution in [0.5, 0.6) is 0 Å². The lowest BCUT2D eigenvalue weighted by Gasteiger charge is -1.88. The molecule has 0 nitrogen and oxygen atoms in total. The molecule has 0 rings (SSSR count). The Morgan fingerprint density at radius 2 is 1.70 bits per heavy atom. The largest absolute Gasteiger partial charge is 0.212 e. The van der Waals surface area contributed by atoms with E-state index in [4.69, 9.17) is 0 Å². The standard InChI is InChI=1S/C8H10F2/c1-6(4-7(2)9)5-8(3)10/h4-5H,2H2,1,3H3/b6-4-,8-5+. The lowest BCUT2D eigenvalue weighted by Crippen LogP contribution is -1.70. The van der Waals surface area contributed by atoms with Crippen molar-refractivity contribution in [2.45, 2.75) is 13.8 Å². The Bertz CT molecular complexity index is 183. The Hall–Kier alpha value is -0.920. The van der Waals surface area contributed by atoms with Crippen LogP contribution in [0, 0.1) is 0 Å². The molecule has 0 spiro atoms. The molecule has 0 N–H and O–H groups in total. The third-order valence-electron chi connectivity index (χ3n) is 0.811. The first kappa shape index (κ1) is 9.08. The summed E-state index contributed by atoms with van der Waals surface area (Å²) in [7, 11) is 0. The molecule has 0 aliphatic heterocycles. The van der Waals surface area contributed by atoms with E-state index in [-0.39, 0.29) is 5.83 Å². The van der Waals surface area contributed by atoms with E-state index in [1.807, 2.05) is 0 Å². The molecule has 56 valence electrons. The third-order valence-corrected chi connectivity index (χ3v) is 0.811. The van der Waals surface area contributed by atoms with E-state index in [0.29, 0.717) is 5.57 Å². The molecular weight excluding hydrogens is 134 g/mol. The second-order valence-corrected chi connectivity index (χ2v) is 2.07. The minimum absolute atomic E-state index is 0.338. The van der Waals surface area contributed by atoms with Crippen LogP contribution in [0.2, 0.25) is 0 Å². The van der Waals surface area contributed by atoms with Crippen LogP contribution >= 0.6 is 0 Å². The Balaban J connectivity index is 4.22. The van der Waals surface area contributed by atoms with Gasteiger partial charge in [-0.15, -0.1) is 0 Å². The summed E-state index contributed by atoms with van der Waals surface area (Å²) in [5.41, 5.74) is 0.521. The molecule has 0 aliphatic rings. The molecule has 10 heavy (non-hydrogen) atoms. The first-order valence-electron chi connectivity index (χ1n) is 2.89. The van der Waals surface area contributed by atoms with Gasteiger partial charge in [-0.3, -0.25) is 0 Å². The van der Waals surface area contributed by atoms with Gasteiger partial charge in [0.15, 0.2) is 0 Å². The molecule has 0 bridgehead atoms. The molecule has 0 aliphatic carbocycles. The molecule has 0 saturated heterocycles. The van der Waals surface area contributed by atoms with Crippen molar-refractivity contribution in [3.8, 4) is 0 Å². The predicted octanol–water partition coefficient (Wildman–Crippen LogP) is 3.29. The van der Waals surface area contributed by atoms with Crippen LogP contribution < -0.4 is 0 Å². The maximum Gasteiger partial charge on any atom is 0.116 e. The van der Waals surface area contributed by atoms with E-state index in [2.05, 4.69) is 6.58 Å². The van der Waals surface area contributed by atoms with Crippen LogP contribution in [0.25, 0.3) is 0 Å². The minimum atomic E-state index is -0.560. The summed E-state index contributed by atoms with van der Waals surface area (Å²) in [6.07, 6.45) is 2.41. The van der Waals surface area contributed by atoms with E-state index in [1.165, 1.54) is 19.1 Å². The summed E-state index contributed by atoms with van der Waals surface area (Å²) in [6.45, 7) is 5.92. The molecule has 0 aromatic carbocycles. The number of rotatable bonds is 2. The smallest absolute Gasteiger partial charge is 0.116 e. The normalized spacial score (nSPS) is 13.6. The number of allylic oxidation sites excluding steroid dienone is 5. The van der Waals surface area contributed by atoms with Crippen LogP contribution in [-0.4, -0.2) is 0 Å². The summed E-state index contributed by atoms with van der Waals surface area (Å²) in [4.78, 5) is 0. The van der Waals surface area contributed by atoms with E-state index in [0.717, 1.165) is 0 Å². The summed E-state index contributed by atoms with van der Waals surface area (Å²) < 4.78 is 24.1. The number of halogens is 2. The van der Waals surface area contributed by atoms with Crippen molar-refractivity contribution in [1.29, 1.82) is 0 Å². The van der Waals surface area contributed by atoms with Gasteiger partial charge in [0.25, 0.3) is 0 Å².